The van der Waals surface area contributed by atoms with Gasteiger partial charge >= 0.3 is 132 Å². The molecule has 0 aliphatic heterocycles. The van der Waals surface area contributed by atoms with Gasteiger partial charge in [-0.2, -0.15) is 0 Å². The summed E-state index contributed by atoms with van der Waals surface area (Å²) in [7, 11) is 0.500. The fraction of sp³-hybridized carbons (Fsp3) is 1.00. The van der Waals surface area contributed by atoms with Crippen LogP contribution in [0.5, 0.6) is 0 Å². The zero-order valence-electron chi connectivity index (χ0n) is 12.9. The third kappa shape index (κ3) is 15.2. The molecule has 0 fully saturated rings. The first-order valence-electron chi connectivity index (χ1n) is 8.30. The summed E-state index contributed by atoms with van der Waals surface area (Å²) >= 11 is 1.56. The van der Waals surface area contributed by atoms with Crippen LogP contribution in [0.25, 0.3) is 0 Å². The minimum atomic E-state index is 0.500. The van der Waals surface area contributed by atoms with E-state index in [1.807, 2.05) is 0 Å². The molecule has 0 spiro atoms. The van der Waals surface area contributed by atoms with E-state index in [0.29, 0.717) is 7.98 Å². The number of rotatable bonds is 14. The fourth-order valence-corrected chi connectivity index (χ4v) is 6.91. The van der Waals surface area contributed by atoms with E-state index < -0.39 is 0 Å². The van der Waals surface area contributed by atoms with E-state index in [-0.39, 0.29) is 0 Å². The molecule has 2 heteroatoms. The first-order chi connectivity index (χ1) is 8.81. The summed E-state index contributed by atoms with van der Waals surface area (Å²) in [4.78, 5) is 0. The molecule has 0 amide bonds. The summed E-state index contributed by atoms with van der Waals surface area (Å²) in [5.74, 6) is 3.19. The van der Waals surface area contributed by atoms with Crippen molar-refractivity contribution in [3.05, 3.63) is 0 Å². The SMILES string of the molecule is CCCCCCCC[SH]([SbH2])CCCCCCCC. The first kappa shape index (κ1) is 19.2. The molecule has 0 aromatic carbocycles. The van der Waals surface area contributed by atoms with Crippen molar-refractivity contribution in [2.75, 3.05) is 11.5 Å². The number of hydrogen-bond acceptors (Lipinski definition) is 0. The van der Waals surface area contributed by atoms with Gasteiger partial charge in [-0.15, -0.1) is 0 Å². The average Bonchev–Trinajstić information content (AvgIpc) is 2.38. The van der Waals surface area contributed by atoms with Crippen LogP contribution < -0.4 is 0 Å². The molecular weight excluding hydrogens is 346 g/mol. The van der Waals surface area contributed by atoms with Gasteiger partial charge in [0, 0.05) is 0 Å². The van der Waals surface area contributed by atoms with Crippen LogP contribution in [0.15, 0.2) is 0 Å². The predicted molar refractivity (Wildman–Crippen MR) is 94.0 cm³/mol. The standard InChI is InChI=1S/C16H34S.Sb.2H/c1-3-5-7-9-11-13-15-17-16-14-12-10-8-6-4-2;;;/h3-16H2,1-2H3;;;/q;-1;;/p+1. The van der Waals surface area contributed by atoms with Crippen LogP contribution in [0, 0.1) is 0 Å². The van der Waals surface area contributed by atoms with Gasteiger partial charge < -0.3 is 0 Å². The van der Waals surface area contributed by atoms with Crippen molar-refractivity contribution in [1.82, 2.24) is 0 Å². The van der Waals surface area contributed by atoms with E-state index in [4.69, 9.17) is 0 Å². The van der Waals surface area contributed by atoms with E-state index in [0.717, 1.165) is 0 Å². The summed E-state index contributed by atoms with van der Waals surface area (Å²) in [6, 6.07) is 0. The molecule has 0 aromatic rings. The van der Waals surface area contributed by atoms with Gasteiger partial charge in [0.15, 0.2) is 0 Å². The molecule has 18 heavy (non-hydrogen) atoms. The van der Waals surface area contributed by atoms with Crippen LogP contribution in [-0.2, 0) is 0 Å². The van der Waals surface area contributed by atoms with Crippen molar-refractivity contribution in [1.29, 1.82) is 0 Å². The van der Waals surface area contributed by atoms with Gasteiger partial charge in [0.25, 0.3) is 0 Å². The molecule has 0 nitrogen and oxygen atoms in total. The van der Waals surface area contributed by atoms with Crippen molar-refractivity contribution in [3.63, 3.8) is 0 Å². The third-order valence-electron chi connectivity index (χ3n) is 3.60. The van der Waals surface area contributed by atoms with Crippen molar-refractivity contribution in [2.45, 2.75) is 90.9 Å². The second-order valence-corrected chi connectivity index (χ2v) is 13.9. The Morgan fingerprint density at radius 2 is 0.889 bits per heavy atom. The predicted octanol–water partition coefficient (Wildman–Crippen LogP) is 5.26. The van der Waals surface area contributed by atoms with E-state index in [1.54, 1.807) is 33.1 Å². The van der Waals surface area contributed by atoms with Crippen molar-refractivity contribution >= 4 is 29.6 Å². The molecule has 0 heterocycles. The number of unbranched alkanes of at least 4 members (excludes halogenated alkanes) is 10. The molecule has 0 aliphatic carbocycles. The zero-order valence-corrected chi connectivity index (χ0v) is 17.1. The van der Waals surface area contributed by atoms with Crippen molar-refractivity contribution < 1.29 is 0 Å². The molecule has 0 saturated heterocycles. The van der Waals surface area contributed by atoms with E-state index in [1.165, 1.54) is 77.0 Å². The monoisotopic (exact) mass is 382 g/mol. The second kappa shape index (κ2) is 16.2. The van der Waals surface area contributed by atoms with E-state index >= 15 is 0 Å². The average molecular weight is 383 g/mol. The minimum absolute atomic E-state index is 0.500. The molecule has 0 unspecified atom stereocenters. The van der Waals surface area contributed by atoms with Crippen LogP contribution >= 0.6 is 7.98 Å². The summed E-state index contributed by atoms with van der Waals surface area (Å²) in [6.45, 7) is 4.61. The van der Waals surface area contributed by atoms with Crippen molar-refractivity contribution in [3.8, 4) is 0 Å². The summed E-state index contributed by atoms with van der Waals surface area (Å²) in [5.41, 5.74) is 0. The Bertz CT molecular complexity index is 134. The summed E-state index contributed by atoms with van der Waals surface area (Å²) < 4.78 is 0. The molecule has 0 atom stereocenters. The molecule has 0 radical (unpaired) electrons. The molecular formula is C16H37SSb. The molecule has 0 aromatic heterocycles. The molecule has 0 saturated carbocycles. The first-order valence-corrected chi connectivity index (χ1v) is 14.5. The van der Waals surface area contributed by atoms with Gasteiger partial charge in [0.2, 0.25) is 0 Å². The second-order valence-electron chi connectivity index (χ2n) is 5.57. The Labute approximate surface area is 131 Å². The zero-order chi connectivity index (χ0) is 13.5. The molecule has 0 aliphatic rings. The van der Waals surface area contributed by atoms with Gasteiger partial charge in [-0.25, -0.2) is 0 Å². The Balaban J connectivity index is 3.10. The van der Waals surface area contributed by atoms with E-state index in [9.17, 15) is 0 Å². The van der Waals surface area contributed by atoms with Gasteiger partial charge in [0.1, 0.15) is 0 Å². The van der Waals surface area contributed by atoms with Gasteiger partial charge in [-0.1, -0.05) is 0 Å². The van der Waals surface area contributed by atoms with Crippen LogP contribution in [0.1, 0.15) is 90.9 Å². The maximum absolute atomic E-state index is 2.30. The Kier molecular flexibility index (Phi) is 17.3. The quantitative estimate of drug-likeness (QED) is 0.236. The normalized spacial score (nSPS) is 11.8. The number of hydrogen-bond donors (Lipinski definition) is 1. The van der Waals surface area contributed by atoms with Crippen LogP contribution in [-0.4, -0.2) is 33.1 Å². The van der Waals surface area contributed by atoms with E-state index in [2.05, 4.69) is 13.8 Å². The van der Waals surface area contributed by atoms with Gasteiger partial charge in [0.05, 0.1) is 0 Å². The van der Waals surface area contributed by atoms with Crippen LogP contribution in [0.2, 0.25) is 0 Å². The van der Waals surface area contributed by atoms with Gasteiger partial charge in [-0.05, 0) is 0 Å². The topological polar surface area (TPSA) is 0 Å². The molecule has 0 bridgehead atoms. The Morgan fingerprint density at radius 1 is 0.556 bits per heavy atom. The van der Waals surface area contributed by atoms with Crippen molar-refractivity contribution in [2.24, 2.45) is 0 Å². The molecule has 112 valence electrons. The Hall–Kier alpha value is 1.17. The Morgan fingerprint density at radius 3 is 1.28 bits per heavy atom. The summed E-state index contributed by atoms with van der Waals surface area (Å²) in [5, 5.41) is 0. The molecule has 0 rings (SSSR count). The summed E-state index contributed by atoms with van der Waals surface area (Å²) in [6.07, 6.45) is 17.7. The van der Waals surface area contributed by atoms with Crippen LogP contribution in [0.3, 0.4) is 0 Å². The third-order valence-corrected chi connectivity index (χ3v) is 9.80. The molecule has 0 N–H and O–H groups in total. The van der Waals surface area contributed by atoms with Crippen LogP contribution in [0.4, 0.5) is 0 Å². The van der Waals surface area contributed by atoms with Gasteiger partial charge in [-0.3, -0.25) is 0 Å². The number of thiol groups is 1. The maximum atomic E-state index is 2.30. The fourth-order valence-electron chi connectivity index (χ4n) is 2.30.